The molecule has 2 aromatic carbocycles. The number of halogens is 1. The Kier molecular flexibility index (Phi) is 6.84. The number of amides is 1. The number of nitrogens with one attached hydrogen (secondary N) is 2. The van der Waals surface area contributed by atoms with E-state index in [2.05, 4.69) is 10.6 Å². The number of hydrogen-bond donors (Lipinski definition) is 3. The van der Waals surface area contributed by atoms with Gasteiger partial charge >= 0.3 is 0 Å². The zero-order chi connectivity index (χ0) is 19.2. The average Bonchev–Trinajstić information content (AvgIpc) is 2.60. The molecule has 0 radical (unpaired) electrons. The molecule has 0 unspecified atom stereocenters. The van der Waals surface area contributed by atoms with Crippen molar-refractivity contribution in [3.8, 4) is 0 Å². The van der Waals surface area contributed by atoms with Crippen molar-refractivity contribution in [2.45, 2.75) is 24.3 Å². The molecule has 1 amide bonds. The van der Waals surface area contributed by atoms with Gasteiger partial charge in [0.1, 0.15) is 5.82 Å². The van der Waals surface area contributed by atoms with E-state index in [0.29, 0.717) is 13.0 Å². The molecule has 0 aromatic heterocycles. The minimum absolute atomic E-state index is 0.0595. The number of hydrogen-bond acceptors (Lipinski definition) is 4. The summed E-state index contributed by atoms with van der Waals surface area (Å²) in [7, 11) is -3.69. The molecule has 0 aliphatic heterocycles. The average molecular weight is 379 g/mol. The Labute approximate surface area is 152 Å². The predicted octanol–water partition coefficient (Wildman–Crippen LogP) is 1.48. The summed E-state index contributed by atoms with van der Waals surface area (Å²) < 4.78 is 35.3. The van der Waals surface area contributed by atoms with E-state index in [9.17, 15) is 17.6 Å². The topological polar surface area (TPSA) is 101 Å². The first kappa shape index (κ1) is 20.0. The van der Waals surface area contributed by atoms with Crippen molar-refractivity contribution in [3.63, 3.8) is 0 Å². The Bertz CT molecular complexity index is 837. The van der Waals surface area contributed by atoms with Crippen LogP contribution in [0.25, 0.3) is 0 Å². The van der Waals surface area contributed by atoms with Gasteiger partial charge in [-0.05, 0) is 48.7 Å². The van der Waals surface area contributed by atoms with Crippen molar-refractivity contribution in [1.29, 1.82) is 0 Å². The van der Waals surface area contributed by atoms with Gasteiger partial charge in [0.15, 0.2) is 0 Å². The smallest absolute Gasteiger partial charge is 0.238 e. The lowest BCUT2D eigenvalue weighted by Gasteiger charge is -2.14. The summed E-state index contributed by atoms with van der Waals surface area (Å²) in [5.41, 5.74) is 1.79. The Balaban J connectivity index is 1.72. The van der Waals surface area contributed by atoms with Crippen LogP contribution in [-0.4, -0.2) is 27.4 Å². The Hall–Kier alpha value is -2.29. The molecular formula is C18H22FN3O3S. The minimum atomic E-state index is -3.69. The fraction of sp³-hybridized carbons (Fsp3) is 0.278. The van der Waals surface area contributed by atoms with Gasteiger partial charge in [-0.15, -0.1) is 0 Å². The van der Waals surface area contributed by atoms with E-state index in [1.54, 1.807) is 24.3 Å². The lowest BCUT2D eigenvalue weighted by molar-refractivity contribution is -0.120. The van der Waals surface area contributed by atoms with Crippen LogP contribution in [0.2, 0.25) is 0 Å². The normalized spacial score (nSPS) is 12.6. The largest absolute Gasteiger partial charge is 0.355 e. The summed E-state index contributed by atoms with van der Waals surface area (Å²) in [6.45, 7) is 2.47. The lowest BCUT2D eigenvalue weighted by atomic mass is 10.1. The number of primary sulfonamides is 1. The van der Waals surface area contributed by atoms with Crippen LogP contribution < -0.4 is 15.8 Å². The molecule has 4 N–H and O–H groups in total. The van der Waals surface area contributed by atoms with Crippen LogP contribution in [0.1, 0.15) is 24.1 Å². The molecule has 140 valence electrons. The van der Waals surface area contributed by atoms with Crippen molar-refractivity contribution in [2.75, 3.05) is 13.1 Å². The monoisotopic (exact) mass is 379 g/mol. The number of rotatable bonds is 8. The highest BCUT2D eigenvalue weighted by Crippen LogP contribution is 2.12. The van der Waals surface area contributed by atoms with Crippen molar-refractivity contribution in [2.24, 2.45) is 5.14 Å². The minimum Gasteiger partial charge on any atom is -0.355 e. The maximum atomic E-state index is 12.9. The van der Waals surface area contributed by atoms with Gasteiger partial charge in [-0.3, -0.25) is 4.79 Å². The highest BCUT2D eigenvalue weighted by atomic mass is 32.2. The molecule has 26 heavy (non-hydrogen) atoms. The molecule has 6 nitrogen and oxygen atoms in total. The zero-order valence-electron chi connectivity index (χ0n) is 14.4. The summed E-state index contributed by atoms with van der Waals surface area (Å²) in [5, 5.41) is 10.9. The highest BCUT2D eigenvalue weighted by molar-refractivity contribution is 7.89. The molecule has 0 bridgehead atoms. The maximum absolute atomic E-state index is 12.9. The van der Waals surface area contributed by atoms with Crippen molar-refractivity contribution >= 4 is 15.9 Å². The van der Waals surface area contributed by atoms with E-state index in [0.717, 1.165) is 11.1 Å². The molecule has 0 aliphatic carbocycles. The van der Waals surface area contributed by atoms with Crippen molar-refractivity contribution in [3.05, 3.63) is 65.5 Å². The number of carbonyl (C=O) groups excluding carboxylic acids is 1. The van der Waals surface area contributed by atoms with E-state index in [-0.39, 0.29) is 29.2 Å². The first-order chi connectivity index (χ1) is 12.3. The summed E-state index contributed by atoms with van der Waals surface area (Å²) in [4.78, 5) is 11.9. The first-order valence-electron chi connectivity index (χ1n) is 8.13. The molecular weight excluding hydrogens is 357 g/mol. The third-order valence-corrected chi connectivity index (χ3v) is 4.86. The number of benzene rings is 2. The van der Waals surface area contributed by atoms with E-state index in [1.165, 1.54) is 24.3 Å². The molecule has 1 atom stereocenters. The fourth-order valence-electron chi connectivity index (χ4n) is 2.37. The second kappa shape index (κ2) is 8.88. The van der Waals surface area contributed by atoms with Gasteiger partial charge in [0.25, 0.3) is 0 Å². The second-order valence-electron chi connectivity index (χ2n) is 5.94. The van der Waals surface area contributed by atoms with E-state index >= 15 is 0 Å². The summed E-state index contributed by atoms with van der Waals surface area (Å²) in [5.74, 6) is -0.448. The summed E-state index contributed by atoms with van der Waals surface area (Å²) >= 11 is 0. The van der Waals surface area contributed by atoms with Gasteiger partial charge in [0.05, 0.1) is 11.4 Å². The molecule has 0 aliphatic rings. The molecule has 0 fully saturated rings. The van der Waals surface area contributed by atoms with Crippen LogP contribution in [0.4, 0.5) is 4.39 Å². The molecule has 0 saturated heterocycles. The maximum Gasteiger partial charge on any atom is 0.238 e. The Morgan fingerprint density at radius 1 is 1.12 bits per heavy atom. The quantitative estimate of drug-likeness (QED) is 0.647. The summed E-state index contributed by atoms with van der Waals surface area (Å²) in [6.07, 6.45) is 0.574. The Morgan fingerprint density at radius 2 is 1.73 bits per heavy atom. The van der Waals surface area contributed by atoms with Crippen LogP contribution in [0, 0.1) is 5.82 Å². The SMILES string of the molecule is C[C@@H](NCC(=O)NCCc1ccc(S(N)(=O)=O)cc1)c1ccc(F)cc1. The van der Waals surface area contributed by atoms with Gasteiger partial charge in [-0.25, -0.2) is 17.9 Å². The molecule has 0 saturated carbocycles. The van der Waals surface area contributed by atoms with E-state index in [4.69, 9.17) is 5.14 Å². The number of nitrogens with two attached hydrogens (primary N) is 1. The molecule has 0 spiro atoms. The van der Waals surface area contributed by atoms with Crippen LogP contribution in [0.5, 0.6) is 0 Å². The highest BCUT2D eigenvalue weighted by Gasteiger charge is 2.09. The summed E-state index contributed by atoms with van der Waals surface area (Å²) in [6, 6.07) is 12.3. The third kappa shape index (κ3) is 6.21. The van der Waals surface area contributed by atoms with Crippen molar-refractivity contribution < 1.29 is 17.6 Å². The zero-order valence-corrected chi connectivity index (χ0v) is 15.2. The van der Waals surface area contributed by atoms with E-state index < -0.39 is 10.0 Å². The van der Waals surface area contributed by atoms with E-state index in [1.807, 2.05) is 6.92 Å². The van der Waals surface area contributed by atoms with Crippen molar-refractivity contribution in [1.82, 2.24) is 10.6 Å². The standard InChI is InChI=1S/C18H22FN3O3S/c1-13(15-4-6-16(19)7-5-15)22-12-18(23)21-11-10-14-2-8-17(9-3-14)26(20,24)25/h2-9,13,22H,10-12H2,1H3,(H,21,23)(H2,20,24,25)/t13-/m1/s1. The van der Waals surface area contributed by atoms with Crippen LogP contribution >= 0.6 is 0 Å². The molecule has 0 heterocycles. The van der Waals surface area contributed by atoms with Crippen LogP contribution in [0.15, 0.2) is 53.4 Å². The van der Waals surface area contributed by atoms with Gasteiger partial charge in [0, 0.05) is 12.6 Å². The lowest BCUT2D eigenvalue weighted by Crippen LogP contribution is -2.36. The van der Waals surface area contributed by atoms with Gasteiger partial charge in [0.2, 0.25) is 15.9 Å². The van der Waals surface area contributed by atoms with Gasteiger partial charge in [-0.2, -0.15) is 0 Å². The molecule has 8 heteroatoms. The second-order valence-corrected chi connectivity index (χ2v) is 7.50. The van der Waals surface area contributed by atoms with Crippen LogP contribution in [-0.2, 0) is 21.2 Å². The number of carbonyl (C=O) groups is 1. The first-order valence-corrected chi connectivity index (χ1v) is 9.67. The molecule has 2 aromatic rings. The van der Waals surface area contributed by atoms with Gasteiger partial charge in [-0.1, -0.05) is 24.3 Å². The predicted molar refractivity (Wildman–Crippen MR) is 97.3 cm³/mol. The Morgan fingerprint density at radius 3 is 2.31 bits per heavy atom. The number of sulfonamides is 1. The van der Waals surface area contributed by atoms with Gasteiger partial charge < -0.3 is 10.6 Å². The fourth-order valence-corrected chi connectivity index (χ4v) is 2.89. The third-order valence-electron chi connectivity index (χ3n) is 3.93. The van der Waals surface area contributed by atoms with Crippen LogP contribution in [0.3, 0.4) is 0 Å². The molecule has 2 rings (SSSR count).